The number of hydrogen-bond acceptors (Lipinski definition) is 3. The smallest absolute Gasteiger partial charge is 0.0794 e. The largest absolute Gasteiger partial charge is 0.292 e. The maximum atomic E-state index is 4.16. The average molecular weight is 287 g/mol. The quantitative estimate of drug-likeness (QED) is 0.777. The van der Waals surface area contributed by atoms with Crippen molar-refractivity contribution in [3.8, 4) is 0 Å². The Morgan fingerprint density at radius 2 is 2.13 bits per heavy atom. The van der Waals surface area contributed by atoms with Crippen molar-refractivity contribution in [1.29, 1.82) is 0 Å². The molecule has 2 aliphatic heterocycles. The summed E-state index contributed by atoms with van der Waals surface area (Å²) >= 11 is 5.56. The Hall–Kier alpha value is 0.0700. The molecule has 3 heterocycles. The predicted octanol–water partition coefficient (Wildman–Crippen LogP) is 3.03. The van der Waals surface area contributed by atoms with Crippen LogP contribution in [0.5, 0.6) is 0 Å². The van der Waals surface area contributed by atoms with Gasteiger partial charge in [-0.25, -0.2) is 0 Å². The molecule has 0 aliphatic carbocycles. The first kappa shape index (κ1) is 10.2. The molecule has 0 aromatic carbocycles. The van der Waals surface area contributed by atoms with Crippen molar-refractivity contribution < 1.29 is 0 Å². The van der Waals surface area contributed by atoms with Crippen LogP contribution in [0.2, 0.25) is 0 Å². The van der Waals surface area contributed by atoms with Gasteiger partial charge >= 0.3 is 0 Å². The highest BCUT2D eigenvalue weighted by molar-refractivity contribution is 9.09. The van der Waals surface area contributed by atoms with Crippen LogP contribution in [0.3, 0.4) is 0 Å². The summed E-state index contributed by atoms with van der Waals surface area (Å²) in [6.45, 7) is 1.12. The molecule has 2 unspecified atom stereocenters. The van der Waals surface area contributed by atoms with Crippen LogP contribution in [0.25, 0.3) is 0 Å². The van der Waals surface area contributed by atoms with Gasteiger partial charge in [0.2, 0.25) is 0 Å². The van der Waals surface area contributed by atoms with Crippen molar-refractivity contribution in [2.45, 2.75) is 49.1 Å². The zero-order valence-electron chi connectivity index (χ0n) is 8.60. The van der Waals surface area contributed by atoms with Gasteiger partial charge in [-0.15, -0.1) is 11.3 Å². The highest BCUT2D eigenvalue weighted by atomic mass is 79.9. The van der Waals surface area contributed by atoms with Crippen molar-refractivity contribution in [1.82, 2.24) is 9.88 Å². The van der Waals surface area contributed by atoms with Gasteiger partial charge in [-0.05, 0) is 25.7 Å². The fourth-order valence-corrected chi connectivity index (χ4v) is 4.43. The van der Waals surface area contributed by atoms with Crippen molar-refractivity contribution in [2.24, 2.45) is 0 Å². The molecule has 1 aromatic heterocycles. The van der Waals surface area contributed by atoms with Crippen LogP contribution in [-0.2, 0) is 6.54 Å². The van der Waals surface area contributed by atoms with E-state index < -0.39 is 0 Å². The summed E-state index contributed by atoms with van der Waals surface area (Å²) in [5.41, 5.74) is 1.94. The first-order valence-corrected chi connectivity index (χ1v) is 7.39. The van der Waals surface area contributed by atoms with E-state index >= 15 is 0 Å². The monoisotopic (exact) mass is 286 g/mol. The number of piperidine rings is 1. The molecule has 0 N–H and O–H groups in total. The summed E-state index contributed by atoms with van der Waals surface area (Å²) in [6.07, 6.45) is 7.46. The second-order valence-corrected chi connectivity index (χ2v) is 6.86. The van der Waals surface area contributed by atoms with Gasteiger partial charge in [-0.1, -0.05) is 15.9 Å². The molecule has 1 aromatic rings. The molecule has 2 saturated heterocycles. The number of aromatic nitrogens is 1. The minimum Gasteiger partial charge on any atom is -0.292 e. The molecule has 4 heteroatoms. The van der Waals surface area contributed by atoms with Gasteiger partial charge in [0, 0.05) is 34.5 Å². The highest BCUT2D eigenvalue weighted by Crippen LogP contribution is 2.39. The first-order valence-electron chi connectivity index (χ1n) is 5.60. The van der Waals surface area contributed by atoms with Crippen LogP contribution in [-0.4, -0.2) is 26.8 Å². The third-order valence-corrected chi connectivity index (χ3v) is 5.16. The average Bonchev–Trinajstić information content (AvgIpc) is 2.77. The first-order chi connectivity index (χ1) is 7.33. The fraction of sp³-hybridized carbons (Fsp3) is 0.727. The third-order valence-electron chi connectivity index (χ3n) is 3.65. The second-order valence-electron chi connectivity index (χ2n) is 4.59. The minimum atomic E-state index is 0.757. The van der Waals surface area contributed by atoms with E-state index in [1.54, 1.807) is 11.3 Å². The number of nitrogens with zero attached hydrogens (tertiary/aromatic N) is 2. The van der Waals surface area contributed by atoms with Crippen molar-refractivity contribution in [3.05, 3.63) is 16.6 Å². The van der Waals surface area contributed by atoms with E-state index in [1.165, 1.54) is 30.6 Å². The molecule has 2 nitrogen and oxygen atoms in total. The molecule has 2 fully saturated rings. The normalized spacial score (nSPS) is 35.9. The Kier molecular flexibility index (Phi) is 2.83. The SMILES string of the molecule is BrC1CC2CCC(C1)N2Cc1cncs1. The van der Waals surface area contributed by atoms with Crippen LogP contribution >= 0.6 is 27.3 Å². The molecule has 82 valence electrons. The summed E-state index contributed by atoms with van der Waals surface area (Å²) in [4.78, 5) is 9.03. The molecule has 2 atom stereocenters. The van der Waals surface area contributed by atoms with Gasteiger partial charge in [0.15, 0.2) is 0 Å². The van der Waals surface area contributed by atoms with E-state index in [-0.39, 0.29) is 0 Å². The van der Waals surface area contributed by atoms with E-state index in [2.05, 4.69) is 25.8 Å². The van der Waals surface area contributed by atoms with Gasteiger partial charge < -0.3 is 0 Å². The Morgan fingerprint density at radius 1 is 1.40 bits per heavy atom. The van der Waals surface area contributed by atoms with E-state index in [0.29, 0.717) is 0 Å². The number of hydrogen-bond donors (Lipinski definition) is 0. The Balaban J connectivity index is 1.72. The lowest BCUT2D eigenvalue weighted by Gasteiger charge is -2.36. The van der Waals surface area contributed by atoms with Gasteiger partial charge in [-0.2, -0.15) is 0 Å². The van der Waals surface area contributed by atoms with Gasteiger partial charge in [0.25, 0.3) is 0 Å². The summed E-state index contributed by atoms with van der Waals surface area (Å²) in [5, 5.41) is 0. The Morgan fingerprint density at radius 3 is 2.73 bits per heavy atom. The number of thiazole rings is 1. The maximum Gasteiger partial charge on any atom is 0.0794 e. The number of alkyl halides is 1. The van der Waals surface area contributed by atoms with Crippen LogP contribution in [0.1, 0.15) is 30.6 Å². The lowest BCUT2D eigenvalue weighted by molar-refractivity contribution is 0.138. The topological polar surface area (TPSA) is 16.1 Å². The van der Waals surface area contributed by atoms with Gasteiger partial charge in [0.05, 0.1) is 5.51 Å². The summed E-state index contributed by atoms with van der Waals surface area (Å²) < 4.78 is 0. The summed E-state index contributed by atoms with van der Waals surface area (Å²) in [7, 11) is 0. The standard InChI is InChI=1S/C11H15BrN2S/c12-8-3-9-1-2-10(4-8)14(9)6-11-5-13-7-15-11/h5,7-10H,1-4,6H2. The maximum absolute atomic E-state index is 4.16. The van der Waals surface area contributed by atoms with Crippen molar-refractivity contribution in [2.75, 3.05) is 0 Å². The van der Waals surface area contributed by atoms with Crippen LogP contribution in [0.4, 0.5) is 0 Å². The molecule has 0 spiro atoms. The van der Waals surface area contributed by atoms with E-state index in [1.807, 2.05) is 11.7 Å². The molecule has 2 aliphatic rings. The van der Waals surface area contributed by atoms with E-state index in [9.17, 15) is 0 Å². The Labute approximate surface area is 103 Å². The highest BCUT2D eigenvalue weighted by Gasteiger charge is 2.39. The van der Waals surface area contributed by atoms with Crippen LogP contribution < -0.4 is 0 Å². The van der Waals surface area contributed by atoms with Crippen molar-refractivity contribution in [3.63, 3.8) is 0 Å². The molecular formula is C11H15BrN2S. The fourth-order valence-electron chi connectivity index (χ4n) is 2.97. The van der Waals surface area contributed by atoms with Crippen LogP contribution in [0.15, 0.2) is 11.7 Å². The number of halogens is 1. The second kappa shape index (κ2) is 4.15. The Bertz CT molecular complexity index is 313. The molecular weight excluding hydrogens is 272 g/mol. The van der Waals surface area contributed by atoms with E-state index in [0.717, 1.165) is 23.5 Å². The lowest BCUT2D eigenvalue weighted by Crippen LogP contribution is -2.42. The molecule has 3 rings (SSSR count). The molecule has 0 saturated carbocycles. The lowest BCUT2D eigenvalue weighted by atomic mass is 10.0. The number of rotatable bonds is 2. The molecule has 15 heavy (non-hydrogen) atoms. The minimum absolute atomic E-state index is 0.757. The summed E-state index contributed by atoms with van der Waals surface area (Å²) in [5.74, 6) is 0. The van der Waals surface area contributed by atoms with E-state index in [4.69, 9.17) is 0 Å². The van der Waals surface area contributed by atoms with Gasteiger partial charge in [0.1, 0.15) is 0 Å². The zero-order chi connectivity index (χ0) is 10.3. The third kappa shape index (κ3) is 1.99. The summed E-state index contributed by atoms with van der Waals surface area (Å²) in [6, 6.07) is 1.63. The molecule has 2 bridgehead atoms. The van der Waals surface area contributed by atoms with Crippen LogP contribution in [0, 0.1) is 0 Å². The molecule has 0 radical (unpaired) electrons. The zero-order valence-corrected chi connectivity index (χ0v) is 11.0. The van der Waals surface area contributed by atoms with Crippen molar-refractivity contribution >= 4 is 27.3 Å². The predicted molar refractivity (Wildman–Crippen MR) is 66.4 cm³/mol. The number of fused-ring (bicyclic) bond motifs is 2. The molecule has 0 amide bonds. The van der Waals surface area contributed by atoms with Gasteiger partial charge in [-0.3, -0.25) is 9.88 Å².